The molecule has 1 saturated heterocycles. The van der Waals surface area contributed by atoms with Crippen molar-refractivity contribution >= 4 is 17.6 Å². The van der Waals surface area contributed by atoms with Gasteiger partial charge in [0.15, 0.2) is 11.6 Å². The maximum Gasteiger partial charge on any atom is 0.573 e. The fourth-order valence-corrected chi connectivity index (χ4v) is 2.55. The van der Waals surface area contributed by atoms with Gasteiger partial charge in [0.25, 0.3) is 0 Å². The van der Waals surface area contributed by atoms with Gasteiger partial charge in [-0.3, -0.25) is 4.79 Å². The van der Waals surface area contributed by atoms with Crippen molar-refractivity contribution in [1.29, 1.82) is 0 Å². The third-order valence-corrected chi connectivity index (χ3v) is 3.88. The number of carbonyl (C=O) groups is 2. The van der Waals surface area contributed by atoms with E-state index in [-0.39, 0.29) is 5.69 Å². The van der Waals surface area contributed by atoms with E-state index in [0.29, 0.717) is 18.4 Å². The molecule has 28 heavy (non-hydrogen) atoms. The van der Waals surface area contributed by atoms with Gasteiger partial charge in [-0.05, 0) is 30.9 Å². The minimum Gasteiger partial charge on any atom is -0.475 e. The Morgan fingerprint density at radius 3 is 2.21 bits per heavy atom. The van der Waals surface area contributed by atoms with Crippen molar-refractivity contribution in [3.63, 3.8) is 0 Å². The molecular weight excluding hydrogens is 405 g/mol. The first-order valence-electron chi connectivity index (χ1n) is 7.69. The lowest BCUT2D eigenvalue weighted by atomic mass is 10.1. The molecule has 3 rings (SSSR count). The average Bonchev–Trinajstić information content (AvgIpc) is 3.15. The molecule has 1 aliphatic heterocycles. The summed E-state index contributed by atoms with van der Waals surface area (Å²) in [5, 5.41) is 12.5. The van der Waals surface area contributed by atoms with Crippen LogP contribution in [0.5, 0.6) is 5.75 Å². The average molecular weight is 418 g/mol. The number of carboxylic acid groups (broad SMARTS) is 1. The summed E-state index contributed by atoms with van der Waals surface area (Å²) in [5.74, 6) is -4.95. The van der Waals surface area contributed by atoms with E-state index in [2.05, 4.69) is 15.4 Å². The number of piperidine rings is 1. The molecule has 0 bridgehead atoms. The molecule has 156 valence electrons. The molecule has 6 nitrogen and oxygen atoms in total. The number of amides is 1. The van der Waals surface area contributed by atoms with E-state index < -0.39 is 42.0 Å². The summed E-state index contributed by atoms with van der Waals surface area (Å²) in [4.78, 5) is 20.8. The first-order valence-corrected chi connectivity index (χ1v) is 7.69. The molecular formula is C15H13F7N2O4. The number of halogens is 7. The zero-order valence-electron chi connectivity index (χ0n) is 13.7. The van der Waals surface area contributed by atoms with Crippen molar-refractivity contribution in [3.8, 4) is 5.75 Å². The summed E-state index contributed by atoms with van der Waals surface area (Å²) in [6.07, 6.45) is -8.37. The van der Waals surface area contributed by atoms with Gasteiger partial charge >= 0.3 is 18.5 Å². The number of aliphatic carboxylic acids is 1. The molecule has 2 fully saturated rings. The van der Waals surface area contributed by atoms with E-state index in [4.69, 9.17) is 9.90 Å². The highest BCUT2D eigenvalue weighted by atomic mass is 19.4. The topological polar surface area (TPSA) is 87.7 Å². The van der Waals surface area contributed by atoms with Gasteiger partial charge in [0, 0.05) is 6.04 Å². The Bertz CT molecular complexity index is 741. The molecule has 3 atom stereocenters. The fraction of sp³-hybridized carbons (Fsp3) is 0.467. The van der Waals surface area contributed by atoms with Crippen LogP contribution in [0.2, 0.25) is 0 Å². The summed E-state index contributed by atoms with van der Waals surface area (Å²) < 4.78 is 85.5. The number of ether oxygens (including phenoxy) is 1. The number of fused-ring (bicyclic) bond motifs is 1. The van der Waals surface area contributed by atoms with E-state index in [1.807, 2.05) is 0 Å². The van der Waals surface area contributed by atoms with Crippen LogP contribution < -0.4 is 15.4 Å². The summed E-state index contributed by atoms with van der Waals surface area (Å²) >= 11 is 0. The van der Waals surface area contributed by atoms with E-state index in [0.717, 1.165) is 12.5 Å². The van der Waals surface area contributed by atoms with Gasteiger partial charge in [0.05, 0.1) is 11.7 Å². The number of hydrogen-bond donors (Lipinski definition) is 3. The number of benzene rings is 1. The normalized spacial score (nSPS) is 23.2. The molecule has 2 aliphatic rings. The lowest BCUT2D eigenvalue weighted by Crippen LogP contribution is -2.38. The SMILES string of the molecule is O=C(Nc1cccc(OC(F)(F)F)c1F)[C@@H]1C[C@H]2C[C@H]2N1.O=C(O)C(F)(F)F. The lowest BCUT2D eigenvalue weighted by Gasteiger charge is -2.15. The van der Waals surface area contributed by atoms with Gasteiger partial charge in [-0.2, -0.15) is 13.2 Å². The van der Waals surface area contributed by atoms with Crippen LogP contribution >= 0.6 is 0 Å². The number of rotatable bonds is 3. The van der Waals surface area contributed by atoms with Gasteiger partial charge in [-0.25, -0.2) is 9.18 Å². The lowest BCUT2D eigenvalue weighted by molar-refractivity contribution is -0.275. The van der Waals surface area contributed by atoms with E-state index >= 15 is 0 Å². The number of carbonyl (C=O) groups excluding carboxylic acids is 1. The number of hydrogen-bond acceptors (Lipinski definition) is 4. The van der Waals surface area contributed by atoms with Crippen LogP contribution in [0, 0.1) is 11.7 Å². The maximum atomic E-state index is 13.9. The van der Waals surface area contributed by atoms with Gasteiger partial charge in [0.2, 0.25) is 5.91 Å². The van der Waals surface area contributed by atoms with Crippen molar-refractivity contribution in [2.45, 2.75) is 37.5 Å². The molecule has 1 aromatic carbocycles. The first kappa shape index (κ1) is 21.7. The van der Waals surface area contributed by atoms with Crippen LogP contribution in [0.3, 0.4) is 0 Å². The summed E-state index contributed by atoms with van der Waals surface area (Å²) in [5.41, 5.74) is -0.330. The number of alkyl halides is 6. The van der Waals surface area contributed by atoms with Crippen molar-refractivity contribution < 1.29 is 50.2 Å². The molecule has 1 saturated carbocycles. The molecule has 0 unspecified atom stereocenters. The van der Waals surface area contributed by atoms with Crippen LogP contribution in [0.25, 0.3) is 0 Å². The second-order valence-electron chi connectivity index (χ2n) is 6.01. The largest absolute Gasteiger partial charge is 0.573 e. The smallest absolute Gasteiger partial charge is 0.475 e. The molecule has 1 aliphatic carbocycles. The number of carboxylic acids is 1. The molecule has 0 aromatic heterocycles. The predicted molar refractivity (Wildman–Crippen MR) is 78.8 cm³/mol. The van der Waals surface area contributed by atoms with Crippen LogP contribution in [-0.2, 0) is 9.59 Å². The summed E-state index contributed by atoms with van der Waals surface area (Å²) in [6, 6.07) is 3.12. The zero-order chi connectivity index (χ0) is 21.3. The molecule has 1 amide bonds. The van der Waals surface area contributed by atoms with Crippen LogP contribution in [0.15, 0.2) is 18.2 Å². The fourth-order valence-electron chi connectivity index (χ4n) is 2.55. The first-order chi connectivity index (χ1) is 12.8. The van der Waals surface area contributed by atoms with Crippen LogP contribution in [0.4, 0.5) is 36.4 Å². The van der Waals surface area contributed by atoms with E-state index in [1.54, 1.807) is 0 Å². The Hall–Kier alpha value is -2.57. The zero-order valence-corrected chi connectivity index (χ0v) is 13.7. The highest BCUT2D eigenvalue weighted by Crippen LogP contribution is 2.41. The molecule has 3 N–H and O–H groups in total. The third-order valence-electron chi connectivity index (χ3n) is 3.88. The Labute approximate surface area is 152 Å². The number of anilines is 1. The monoisotopic (exact) mass is 418 g/mol. The van der Waals surface area contributed by atoms with E-state index in [9.17, 15) is 35.5 Å². The molecule has 1 aromatic rings. The highest BCUT2D eigenvalue weighted by Gasteiger charge is 2.48. The standard InChI is InChI=1S/C13H12F4N2O2.C2HF3O2/c14-11-7(2-1-3-10(11)21-13(15,16)17)19-12(20)9-5-6-4-8(6)18-9;3-2(4,5)1(6)7/h1-3,6,8-9,18H,4-5H2,(H,19,20);(H,6,7)/t6-,8-,9+;/m1./s1. The van der Waals surface area contributed by atoms with E-state index in [1.165, 1.54) is 12.1 Å². The van der Waals surface area contributed by atoms with Gasteiger partial charge in [0.1, 0.15) is 0 Å². The summed E-state index contributed by atoms with van der Waals surface area (Å²) in [6.45, 7) is 0. The molecule has 1 heterocycles. The Morgan fingerprint density at radius 2 is 1.75 bits per heavy atom. The predicted octanol–water partition coefficient (Wildman–Crippen LogP) is 3.05. The molecule has 13 heteroatoms. The Morgan fingerprint density at radius 1 is 1.14 bits per heavy atom. The quantitative estimate of drug-likeness (QED) is 0.657. The minimum atomic E-state index is -5.08. The highest BCUT2D eigenvalue weighted by molar-refractivity contribution is 5.95. The second-order valence-corrected chi connectivity index (χ2v) is 6.01. The van der Waals surface area contributed by atoms with Crippen LogP contribution in [-0.4, -0.2) is 41.6 Å². The Kier molecular flexibility index (Phi) is 6.06. The Balaban J connectivity index is 0.000000345. The molecule has 0 spiro atoms. The van der Waals surface area contributed by atoms with Crippen molar-refractivity contribution in [2.75, 3.05) is 5.32 Å². The van der Waals surface area contributed by atoms with Crippen molar-refractivity contribution in [2.24, 2.45) is 5.92 Å². The number of nitrogens with one attached hydrogen (secondary N) is 2. The maximum absolute atomic E-state index is 13.9. The van der Waals surface area contributed by atoms with Gasteiger partial charge < -0.3 is 20.5 Å². The van der Waals surface area contributed by atoms with Crippen molar-refractivity contribution in [3.05, 3.63) is 24.0 Å². The molecule has 0 radical (unpaired) electrons. The summed E-state index contributed by atoms with van der Waals surface area (Å²) in [7, 11) is 0. The van der Waals surface area contributed by atoms with Gasteiger partial charge in [-0.1, -0.05) is 6.07 Å². The second kappa shape index (κ2) is 7.81. The minimum absolute atomic E-state index is 0.330. The van der Waals surface area contributed by atoms with Gasteiger partial charge in [-0.15, -0.1) is 13.2 Å². The third kappa shape index (κ3) is 5.97. The van der Waals surface area contributed by atoms with Crippen LogP contribution in [0.1, 0.15) is 12.8 Å². The van der Waals surface area contributed by atoms with Crippen molar-refractivity contribution in [1.82, 2.24) is 5.32 Å².